The van der Waals surface area contributed by atoms with Gasteiger partial charge in [0, 0.05) is 32.1 Å². The molecule has 2 aromatic heterocycles. The second-order valence-corrected chi connectivity index (χ2v) is 9.75. The van der Waals surface area contributed by atoms with Crippen LogP contribution in [0.4, 0.5) is 11.5 Å². The van der Waals surface area contributed by atoms with E-state index in [9.17, 15) is 18.5 Å². The molecule has 1 fully saturated rings. The summed E-state index contributed by atoms with van der Waals surface area (Å²) in [6.07, 6.45) is 2.15. The van der Waals surface area contributed by atoms with Crippen molar-refractivity contribution < 1.29 is 13.2 Å². The molecule has 1 unspecified atom stereocenters. The maximum absolute atomic E-state index is 12.6. The Morgan fingerprint density at radius 3 is 3.00 bits per heavy atom. The highest BCUT2D eigenvalue weighted by atomic mass is 32.2. The van der Waals surface area contributed by atoms with E-state index in [0.29, 0.717) is 47.6 Å². The fraction of sp³-hybridized carbons (Fsp3) is 0.350. The topological polar surface area (TPSA) is 133 Å². The fourth-order valence-electron chi connectivity index (χ4n) is 4.22. The van der Waals surface area contributed by atoms with Gasteiger partial charge in [-0.15, -0.1) is 0 Å². The van der Waals surface area contributed by atoms with Crippen LogP contribution < -0.4 is 10.9 Å². The largest absolute Gasteiger partial charge is 0.379 e. The van der Waals surface area contributed by atoms with Gasteiger partial charge in [0.15, 0.2) is 5.82 Å². The summed E-state index contributed by atoms with van der Waals surface area (Å²) in [6, 6.07) is 8.72. The Balaban J connectivity index is 1.58. The first kappa shape index (κ1) is 19.7. The SMILES string of the molecule is CN1Cc2cc(Nc3nn(C4COCC[C@@H]4C#N)c4cc[nH]c(=O)c34)ccc2S1(=O)=O. The summed E-state index contributed by atoms with van der Waals surface area (Å²) >= 11 is 0. The van der Waals surface area contributed by atoms with Gasteiger partial charge in [-0.25, -0.2) is 8.42 Å². The lowest BCUT2D eigenvalue weighted by atomic mass is 9.96. The Hall–Kier alpha value is -3.20. The van der Waals surface area contributed by atoms with E-state index < -0.39 is 10.0 Å². The van der Waals surface area contributed by atoms with Crippen molar-refractivity contribution in [1.29, 1.82) is 5.26 Å². The van der Waals surface area contributed by atoms with Crippen LogP contribution >= 0.6 is 0 Å². The molecular weight excluding hydrogens is 420 g/mol. The number of ether oxygens (including phenoxy) is 1. The molecule has 0 radical (unpaired) electrons. The van der Waals surface area contributed by atoms with Crippen molar-refractivity contribution in [2.45, 2.75) is 23.9 Å². The molecule has 5 rings (SSSR count). The lowest BCUT2D eigenvalue weighted by molar-refractivity contribution is 0.0359. The van der Waals surface area contributed by atoms with Gasteiger partial charge < -0.3 is 15.0 Å². The first-order chi connectivity index (χ1) is 14.9. The van der Waals surface area contributed by atoms with E-state index in [1.54, 1.807) is 35.1 Å². The number of benzene rings is 1. The molecule has 2 aliphatic heterocycles. The molecule has 0 spiro atoms. The smallest absolute Gasteiger partial charge is 0.261 e. The van der Waals surface area contributed by atoms with Crippen LogP contribution in [0, 0.1) is 17.2 Å². The Labute approximate surface area is 178 Å². The molecule has 2 atom stereocenters. The molecule has 1 saturated heterocycles. The molecule has 11 heteroatoms. The minimum absolute atomic E-state index is 0.273. The number of aromatic amines is 1. The molecule has 0 saturated carbocycles. The van der Waals surface area contributed by atoms with Gasteiger partial charge in [0.2, 0.25) is 10.0 Å². The number of nitrogens with one attached hydrogen (secondary N) is 2. The molecule has 4 heterocycles. The van der Waals surface area contributed by atoms with Crippen LogP contribution in [0.3, 0.4) is 0 Å². The average Bonchev–Trinajstić information content (AvgIpc) is 3.23. The van der Waals surface area contributed by atoms with Gasteiger partial charge in [-0.05, 0) is 36.2 Å². The number of anilines is 2. The lowest BCUT2D eigenvalue weighted by Crippen LogP contribution is -2.30. The highest BCUT2D eigenvalue weighted by Gasteiger charge is 2.32. The van der Waals surface area contributed by atoms with E-state index in [2.05, 4.69) is 21.5 Å². The van der Waals surface area contributed by atoms with Gasteiger partial charge in [-0.3, -0.25) is 9.48 Å². The summed E-state index contributed by atoms with van der Waals surface area (Å²) in [4.78, 5) is 15.6. The van der Waals surface area contributed by atoms with Crippen LogP contribution in [0.2, 0.25) is 0 Å². The van der Waals surface area contributed by atoms with Crippen molar-refractivity contribution in [3.63, 3.8) is 0 Å². The van der Waals surface area contributed by atoms with E-state index in [-0.39, 0.29) is 29.0 Å². The third kappa shape index (κ3) is 3.11. The summed E-state index contributed by atoms with van der Waals surface area (Å²) in [6.45, 7) is 1.14. The number of nitrogens with zero attached hydrogens (tertiary/aromatic N) is 4. The molecule has 1 aromatic carbocycles. The Morgan fingerprint density at radius 2 is 2.19 bits per heavy atom. The highest BCUT2D eigenvalue weighted by Crippen LogP contribution is 2.34. The maximum Gasteiger partial charge on any atom is 0.261 e. The molecule has 0 bridgehead atoms. The van der Waals surface area contributed by atoms with Crippen LogP contribution in [0.15, 0.2) is 40.2 Å². The standard InChI is InChI=1S/C20H20N6O4S/c1-25-10-13-8-14(2-3-17(13)31(25,28)29)23-19-18-15(4-6-22-20(18)27)26(24-19)16-11-30-7-5-12(16)9-21/h2-4,6,8,12,16H,5,7,10-11H2,1H3,(H,22,27)(H,23,24)/t12-,16?/m1/s1. The van der Waals surface area contributed by atoms with Crippen LogP contribution in [0.1, 0.15) is 18.0 Å². The number of hydrogen-bond acceptors (Lipinski definition) is 7. The van der Waals surface area contributed by atoms with Gasteiger partial charge in [0.05, 0.1) is 35.0 Å². The molecular formula is C20H20N6O4S. The van der Waals surface area contributed by atoms with Crippen molar-refractivity contribution in [2.24, 2.45) is 5.92 Å². The number of nitriles is 1. The van der Waals surface area contributed by atoms with Crippen LogP contribution in [-0.2, 0) is 21.3 Å². The Kier molecular flexibility index (Phi) is 4.58. The number of aromatic nitrogens is 3. The van der Waals surface area contributed by atoms with Crippen LogP contribution in [0.25, 0.3) is 10.9 Å². The second kappa shape index (κ2) is 7.19. The molecule has 160 valence electrons. The van der Waals surface area contributed by atoms with Crippen molar-refractivity contribution in [1.82, 2.24) is 19.1 Å². The first-order valence-electron chi connectivity index (χ1n) is 9.83. The monoisotopic (exact) mass is 440 g/mol. The van der Waals surface area contributed by atoms with Crippen molar-refractivity contribution in [3.05, 3.63) is 46.4 Å². The fourth-order valence-corrected chi connectivity index (χ4v) is 5.56. The molecule has 0 aliphatic carbocycles. The second-order valence-electron chi connectivity index (χ2n) is 7.74. The number of hydrogen-bond donors (Lipinski definition) is 2. The first-order valence-corrected chi connectivity index (χ1v) is 11.3. The number of sulfonamides is 1. The van der Waals surface area contributed by atoms with Crippen LogP contribution in [-0.4, -0.2) is 47.7 Å². The van der Waals surface area contributed by atoms with Crippen molar-refractivity contribution in [3.8, 4) is 6.07 Å². The van der Waals surface area contributed by atoms with Crippen LogP contribution in [0.5, 0.6) is 0 Å². The molecule has 2 aliphatic rings. The van der Waals surface area contributed by atoms with E-state index >= 15 is 0 Å². The van der Waals surface area contributed by atoms with E-state index in [1.807, 2.05) is 0 Å². The Morgan fingerprint density at radius 1 is 1.35 bits per heavy atom. The zero-order valence-electron chi connectivity index (χ0n) is 16.7. The summed E-state index contributed by atoms with van der Waals surface area (Å²) in [7, 11) is -1.91. The van der Waals surface area contributed by atoms with E-state index in [1.165, 1.54) is 11.4 Å². The quantitative estimate of drug-likeness (QED) is 0.633. The van der Waals surface area contributed by atoms with E-state index in [4.69, 9.17) is 4.74 Å². The highest BCUT2D eigenvalue weighted by molar-refractivity contribution is 7.89. The zero-order valence-corrected chi connectivity index (χ0v) is 17.5. The predicted molar refractivity (Wildman–Crippen MR) is 112 cm³/mol. The minimum Gasteiger partial charge on any atom is -0.379 e. The number of fused-ring (bicyclic) bond motifs is 2. The average molecular weight is 440 g/mol. The molecule has 2 N–H and O–H groups in total. The summed E-state index contributed by atoms with van der Waals surface area (Å²) < 4.78 is 33.2. The van der Waals surface area contributed by atoms with Gasteiger partial charge in [0.1, 0.15) is 5.39 Å². The summed E-state index contributed by atoms with van der Waals surface area (Å²) in [5, 5.41) is 17.7. The Bertz CT molecular complexity index is 1390. The normalized spacial score (nSPS) is 22.8. The van der Waals surface area contributed by atoms with Gasteiger partial charge in [-0.2, -0.15) is 14.7 Å². The summed E-state index contributed by atoms with van der Waals surface area (Å²) in [5.41, 5.74) is 1.59. The van der Waals surface area contributed by atoms with E-state index in [0.717, 1.165) is 0 Å². The van der Waals surface area contributed by atoms with Gasteiger partial charge in [0.25, 0.3) is 5.56 Å². The maximum atomic E-state index is 12.6. The number of pyridine rings is 1. The van der Waals surface area contributed by atoms with Gasteiger partial charge in [-0.1, -0.05) is 0 Å². The third-order valence-corrected chi connectivity index (χ3v) is 7.74. The molecule has 3 aromatic rings. The lowest BCUT2D eigenvalue weighted by Gasteiger charge is -2.27. The molecule has 0 amide bonds. The van der Waals surface area contributed by atoms with Crippen molar-refractivity contribution >= 4 is 32.4 Å². The van der Waals surface area contributed by atoms with Crippen molar-refractivity contribution in [2.75, 3.05) is 25.6 Å². The minimum atomic E-state index is -3.45. The predicted octanol–water partition coefficient (Wildman–Crippen LogP) is 1.70. The summed E-state index contributed by atoms with van der Waals surface area (Å²) in [5.74, 6) is 0.0676. The van der Waals surface area contributed by atoms with Gasteiger partial charge >= 0.3 is 0 Å². The number of rotatable bonds is 3. The molecule has 31 heavy (non-hydrogen) atoms. The number of H-pyrrole nitrogens is 1. The third-order valence-electron chi connectivity index (χ3n) is 5.84. The zero-order chi connectivity index (χ0) is 21.8. The molecule has 10 nitrogen and oxygen atoms in total.